The third kappa shape index (κ3) is 4.24. The van der Waals surface area contributed by atoms with Gasteiger partial charge in [0.15, 0.2) is 5.69 Å². The van der Waals surface area contributed by atoms with E-state index in [1.54, 1.807) is 0 Å². The molecule has 0 spiro atoms. The van der Waals surface area contributed by atoms with E-state index in [9.17, 15) is 18.0 Å². The Bertz CT molecular complexity index is 648. The van der Waals surface area contributed by atoms with Crippen molar-refractivity contribution in [3.05, 3.63) is 41.8 Å². The predicted molar refractivity (Wildman–Crippen MR) is 71.7 cm³/mol. The molecule has 0 saturated heterocycles. The molecule has 118 valence electrons. The van der Waals surface area contributed by atoms with E-state index in [0.29, 0.717) is 11.4 Å². The van der Waals surface area contributed by atoms with E-state index in [0.717, 1.165) is 12.1 Å². The summed E-state index contributed by atoms with van der Waals surface area (Å²) >= 11 is 0. The van der Waals surface area contributed by atoms with Crippen LogP contribution in [0.1, 0.15) is 36.0 Å². The van der Waals surface area contributed by atoms with Gasteiger partial charge in [-0.05, 0) is 24.3 Å². The zero-order valence-electron chi connectivity index (χ0n) is 11.8. The lowest BCUT2D eigenvalue weighted by atomic mass is 10.1. The number of anilines is 1. The lowest BCUT2D eigenvalue weighted by molar-refractivity contribution is -0.274. The number of hydrogen-bond donors (Lipinski definition) is 1. The number of benzene rings is 1. The Labute approximate surface area is 124 Å². The number of hydrogen-bond acceptors (Lipinski definition) is 4. The van der Waals surface area contributed by atoms with Crippen molar-refractivity contribution in [1.82, 2.24) is 5.16 Å². The van der Waals surface area contributed by atoms with Crippen molar-refractivity contribution in [2.75, 3.05) is 5.32 Å². The first kappa shape index (κ1) is 15.9. The molecular weight excluding hydrogens is 301 g/mol. The van der Waals surface area contributed by atoms with E-state index in [4.69, 9.17) is 4.52 Å². The smallest absolute Gasteiger partial charge is 0.406 e. The highest BCUT2D eigenvalue weighted by Crippen LogP contribution is 2.24. The van der Waals surface area contributed by atoms with Gasteiger partial charge in [-0.1, -0.05) is 19.0 Å². The number of carbonyl (C=O) groups excluding carboxylic acids is 1. The molecule has 0 atom stereocenters. The molecule has 1 aromatic carbocycles. The first-order chi connectivity index (χ1) is 10.2. The van der Waals surface area contributed by atoms with Crippen LogP contribution in [0.25, 0.3) is 0 Å². The zero-order valence-corrected chi connectivity index (χ0v) is 11.8. The van der Waals surface area contributed by atoms with Crippen LogP contribution in [0.3, 0.4) is 0 Å². The first-order valence-corrected chi connectivity index (χ1v) is 6.38. The number of halogens is 3. The topological polar surface area (TPSA) is 64.4 Å². The highest BCUT2D eigenvalue weighted by molar-refractivity contribution is 6.02. The van der Waals surface area contributed by atoms with E-state index in [1.165, 1.54) is 18.2 Å². The normalized spacial score (nSPS) is 11.5. The molecule has 0 aliphatic rings. The first-order valence-electron chi connectivity index (χ1n) is 6.38. The van der Waals surface area contributed by atoms with E-state index in [-0.39, 0.29) is 17.4 Å². The zero-order chi connectivity index (χ0) is 16.3. The summed E-state index contributed by atoms with van der Waals surface area (Å²) in [6, 6.07) is 6.31. The fourth-order valence-electron chi connectivity index (χ4n) is 1.60. The number of carbonyl (C=O) groups is 1. The van der Waals surface area contributed by atoms with Crippen LogP contribution < -0.4 is 10.1 Å². The largest absolute Gasteiger partial charge is 0.573 e. The minimum absolute atomic E-state index is 0.0906. The molecule has 2 aromatic rings. The third-order valence-corrected chi connectivity index (χ3v) is 2.68. The summed E-state index contributed by atoms with van der Waals surface area (Å²) in [6.45, 7) is 3.78. The molecule has 0 bridgehead atoms. The Morgan fingerprint density at radius 3 is 2.41 bits per heavy atom. The second-order valence-corrected chi connectivity index (χ2v) is 4.80. The second kappa shape index (κ2) is 6.08. The molecule has 0 radical (unpaired) electrons. The van der Waals surface area contributed by atoms with Crippen LogP contribution in [0.15, 0.2) is 34.9 Å². The van der Waals surface area contributed by atoms with Gasteiger partial charge in [-0.3, -0.25) is 4.79 Å². The van der Waals surface area contributed by atoms with E-state index in [1.807, 2.05) is 13.8 Å². The summed E-state index contributed by atoms with van der Waals surface area (Å²) in [5.41, 5.74) is 0.410. The van der Waals surface area contributed by atoms with Gasteiger partial charge < -0.3 is 14.6 Å². The molecular formula is C14H13F3N2O3. The number of ether oxygens (including phenoxy) is 1. The number of rotatable bonds is 4. The van der Waals surface area contributed by atoms with Crippen LogP contribution in [0.5, 0.6) is 5.75 Å². The summed E-state index contributed by atoms with van der Waals surface area (Å²) < 4.78 is 44.8. The molecule has 22 heavy (non-hydrogen) atoms. The lowest BCUT2D eigenvalue weighted by Crippen LogP contribution is -2.17. The molecule has 5 nitrogen and oxygen atoms in total. The monoisotopic (exact) mass is 314 g/mol. The van der Waals surface area contributed by atoms with Gasteiger partial charge in [0.05, 0.1) is 0 Å². The Kier molecular flexibility index (Phi) is 4.39. The highest BCUT2D eigenvalue weighted by Gasteiger charge is 2.31. The van der Waals surface area contributed by atoms with Crippen molar-refractivity contribution < 1.29 is 27.2 Å². The summed E-state index contributed by atoms with van der Waals surface area (Å²) in [5.74, 6) is -0.221. The van der Waals surface area contributed by atoms with Crippen LogP contribution in [-0.4, -0.2) is 17.4 Å². The van der Waals surface area contributed by atoms with Crippen LogP contribution in [0.4, 0.5) is 18.9 Å². The van der Waals surface area contributed by atoms with Crippen molar-refractivity contribution in [2.24, 2.45) is 0 Å². The van der Waals surface area contributed by atoms with Crippen molar-refractivity contribution in [1.29, 1.82) is 0 Å². The Balaban J connectivity index is 2.02. The Morgan fingerprint density at radius 1 is 1.27 bits per heavy atom. The maximum Gasteiger partial charge on any atom is 0.573 e. The van der Waals surface area contributed by atoms with E-state index >= 15 is 0 Å². The Morgan fingerprint density at radius 2 is 1.91 bits per heavy atom. The quantitative estimate of drug-likeness (QED) is 0.928. The number of nitrogens with zero attached hydrogens (tertiary/aromatic N) is 1. The maximum absolute atomic E-state index is 12.0. The van der Waals surface area contributed by atoms with Crippen LogP contribution >= 0.6 is 0 Å². The summed E-state index contributed by atoms with van der Waals surface area (Å²) in [7, 11) is 0. The Hall–Kier alpha value is -2.51. The van der Waals surface area contributed by atoms with E-state index < -0.39 is 12.3 Å². The fraction of sp³-hybridized carbons (Fsp3) is 0.286. The molecule has 0 unspecified atom stereocenters. The van der Waals surface area contributed by atoms with Crippen LogP contribution in [0, 0.1) is 0 Å². The number of alkyl halides is 3. The molecule has 1 N–H and O–H groups in total. The molecule has 2 rings (SSSR count). The van der Waals surface area contributed by atoms with Gasteiger partial charge >= 0.3 is 6.36 Å². The van der Waals surface area contributed by atoms with Gasteiger partial charge in [0.1, 0.15) is 11.5 Å². The van der Waals surface area contributed by atoms with Crippen molar-refractivity contribution >= 4 is 11.6 Å². The van der Waals surface area contributed by atoms with Gasteiger partial charge in [0.25, 0.3) is 5.91 Å². The molecule has 8 heteroatoms. The van der Waals surface area contributed by atoms with Crippen LogP contribution in [-0.2, 0) is 0 Å². The van der Waals surface area contributed by atoms with Gasteiger partial charge in [0, 0.05) is 17.7 Å². The molecule has 0 aliphatic heterocycles. The van der Waals surface area contributed by atoms with Crippen molar-refractivity contribution in [2.45, 2.75) is 26.1 Å². The van der Waals surface area contributed by atoms with Gasteiger partial charge in [-0.15, -0.1) is 13.2 Å². The SMILES string of the molecule is CC(C)c1cc(C(=O)Nc2ccc(OC(F)(F)F)cc2)no1. The summed E-state index contributed by atoms with van der Waals surface area (Å²) in [5, 5.41) is 6.14. The molecule has 1 aromatic heterocycles. The molecule has 1 heterocycles. The van der Waals surface area contributed by atoms with E-state index in [2.05, 4.69) is 15.2 Å². The molecule has 0 saturated carbocycles. The molecule has 0 fully saturated rings. The average molecular weight is 314 g/mol. The lowest BCUT2D eigenvalue weighted by Gasteiger charge is -2.09. The average Bonchev–Trinajstić information content (AvgIpc) is 2.89. The fourth-order valence-corrected chi connectivity index (χ4v) is 1.60. The molecule has 1 amide bonds. The third-order valence-electron chi connectivity index (χ3n) is 2.68. The minimum Gasteiger partial charge on any atom is -0.406 e. The number of nitrogens with one attached hydrogen (secondary N) is 1. The van der Waals surface area contributed by atoms with Crippen molar-refractivity contribution in [3.63, 3.8) is 0 Å². The summed E-state index contributed by atoms with van der Waals surface area (Å²) in [6.07, 6.45) is -4.75. The number of amides is 1. The van der Waals surface area contributed by atoms with Gasteiger partial charge in [0.2, 0.25) is 0 Å². The maximum atomic E-state index is 12.0. The molecule has 0 aliphatic carbocycles. The highest BCUT2D eigenvalue weighted by atomic mass is 19.4. The summed E-state index contributed by atoms with van der Waals surface area (Å²) in [4.78, 5) is 11.9. The predicted octanol–water partition coefficient (Wildman–Crippen LogP) is 3.95. The van der Waals surface area contributed by atoms with Gasteiger partial charge in [-0.2, -0.15) is 0 Å². The standard InChI is InChI=1S/C14H13F3N2O3/c1-8(2)12-7-11(19-22-12)13(20)18-9-3-5-10(6-4-9)21-14(15,16)17/h3-8H,1-2H3,(H,18,20). The van der Waals surface area contributed by atoms with Crippen LogP contribution in [0.2, 0.25) is 0 Å². The van der Waals surface area contributed by atoms with Gasteiger partial charge in [-0.25, -0.2) is 0 Å². The minimum atomic E-state index is -4.75. The van der Waals surface area contributed by atoms with Crippen molar-refractivity contribution in [3.8, 4) is 5.75 Å². The second-order valence-electron chi connectivity index (χ2n) is 4.80. The number of aromatic nitrogens is 1.